The van der Waals surface area contributed by atoms with Crippen molar-refractivity contribution in [3.05, 3.63) is 339 Å². The Morgan fingerprint density at radius 2 is 0.506 bits per heavy atom. The predicted molar refractivity (Wildman–Crippen MR) is 378 cm³/mol. The highest BCUT2D eigenvalue weighted by atomic mass is 15.1. The molecule has 0 aliphatic heterocycles. The molecule has 0 radical (unpaired) electrons. The summed E-state index contributed by atoms with van der Waals surface area (Å²) in [5, 5.41) is 7.57. The Kier molecular flexibility index (Phi) is 15.0. The third-order valence-corrected chi connectivity index (χ3v) is 17.0. The van der Waals surface area contributed by atoms with Gasteiger partial charge in [-0.2, -0.15) is 0 Å². The van der Waals surface area contributed by atoms with Crippen LogP contribution in [0, 0.1) is 6.57 Å². The zero-order chi connectivity index (χ0) is 60.2. The van der Waals surface area contributed by atoms with Crippen LogP contribution in [0.15, 0.2) is 328 Å². The van der Waals surface area contributed by atoms with Crippen LogP contribution in [0.4, 0.5) is 39.8 Å². The SMILES string of the molecule is CN(c1ccccc1)c1ccc(-c2ccc3c(c2)c2ccccc2n3-c2ccccc2)cc1.CN(c1ccccc1)c1ccc2c(c1)c1ccccc1n2-c1ccccc1.[C-]#[N+]c1ccc(N(C)c2ccc3c(c2)c2ccccc2n3-c2ccccc2)cc1. The zero-order valence-corrected chi connectivity index (χ0v) is 49.8. The molecule has 0 unspecified atom stereocenters. The van der Waals surface area contributed by atoms with E-state index < -0.39 is 0 Å². The van der Waals surface area contributed by atoms with Gasteiger partial charge in [-0.3, -0.25) is 0 Å². The van der Waals surface area contributed by atoms with E-state index in [1.165, 1.54) is 111 Å². The monoisotopic (exact) mass is 1150 g/mol. The standard InChI is InChI=1S/C31H24N2.C26H19N3.C25H20N2/c1-32(25-10-4-2-5-11-25)26-19-16-23(17-20-26)24-18-21-31-29(22-24)28-14-8-9-15-30(28)33(31)27-12-6-3-7-13-27;1-27-19-12-14-20(15-13-19)28(2)22-16-17-26-24(18-22)23-10-6-7-11-25(23)29(26)21-8-4-3-5-9-21;1-26(19-10-4-2-5-11-19)21-16-17-25-23(18-21)22-14-8-9-15-24(22)27(25)20-12-6-3-7-13-20/h2-22H,1H3;3-18H,2H3;2-18H,1H3. The third-order valence-electron chi connectivity index (χ3n) is 17.0. The van der Waals surface area contributed by atoms with Gasteiger partial charge in [-0.1, -0.05) is 176 Å². The van der Waals surface area contributed by atoms with Crippen molar-refractivity contribution >= 4 is 105 Å². The van der Waals surface area contributed by atoms with Gasteiger partial charge < -0.3 is 28.4 Å². The van der Waals surface area contributed by atoms with E-state index in [-0.39, 0.29) is 0 Å². The normalized spacial score (nSPS) is 11.1. The first-order valence-corrected chi connectivity index (χ1v) is 30.0. The number of rotatable bonds is 10. The lowest BCUT2D eigenvalue weighted by Gasteiger charge is -2.20. The van der Waals surface area contributed by atoms with Crippen molar-refractivity contribution in [3.63, 3.8) is 0 Å². The van der Waals surface area contributed by atoms with Crippen molar-refractivity contribution in [2.24, 2.45) is 0 Å². The summed E-state index contributed by atoms with van der Waals surface area (Å²) < 4.78 is 7.02. The summed E-state index contributed by atoms with van der Waals surface area (Å²) in [6.07, 6.45) is 0. The fraction of sp³-hybridized carbons (Fsp3) is 0.0366. The molecular formula is C82H63N7. The Morgan fingerprint density at radius 1 is 0.236 bits per heavy atom. The van der Waals surface area contributed by atoms with Crippen LogP contribution in [0.3, 0.4) is 0 Å². The van der Waals surface area contributed by atoms with Crippen LogP contribution in [0.5, 0.6) is 0 Å². The van der Waals surface area contributed by atoms with Crippen molar-refractivity contribution in [2.75, 3.05) is 35.8 Å². The summed E-state index contributed by atoms with van der Waals surface area (Å²) in [6.45, 7) is 7.13. The van der Waals surface area contributed by atoms with E-state index in [1.807, 2.05) is 42.5 Å². The smallest absolute Gasteiger partial charge is 0.187 e. The fourth-order valence-electron chi connectivity index (χ4n) is 12.4. The molecule has 0 spiro atoms. The van der Waals surface area contributed by atoms with Gasteiger partial charge >= 0.3 is 0 Å². The molecule has 89 heavy (non-hydrogen) atoms. The van der Waals surface area contributed by atoms with Gasteiger partial charge in [0.1, 0.15) is 0 Å². The molecule has 0 aliphatic rings. The molecule has 0 atom stereocenters. The van der Waals surface area contributed by atoms with Gasteiger partial charge in [0.15, 0.2) is 5.69 Å². The van der Waals surface area contributed by atoms with Gasteiger partial charge in [0.05, 0.1) is 39.7 Å². The molecule has 0 amide bonds. The number of hydrogen-bond acceptors (Lipinski definition) is 3. The lowest BCUT2D eigenvalue weighted by molar-refractivity contribution is 1.17. The van der Waals surface area contributed by atoms with Crippen LogP contribution in [-0.4, -0.2) is 34.8 Å². The molecule has 3 heterocycles. The Labute approximate surface area is 519 Å². The van der Waals surface area contributed by atoms with Crippen LogP contribution < -0.4 is 14.7 Å². The van der Waals surface area contributed by atoms with Crippen molar-refractivity contribution in [1.29, 1.82) is 0 Å². The zero-order valence-electron chi connectivity index (χ0n) is 49.8. The quantitative estimate of drug-likeness (QED) is 0.128. The van der Waals surface area contributed by atoms with Crippen LogP contribution in [0.25, 0.3) is 98.5 Å². The molecular weight excluding hydrogens is 1080 g/mol. The van der Waals surface area contributed by atoms with Gasteiger partial charge in [0.25, 0.3) is 0 Å². The minimum absolute atomic E-state index is 0.656. The minimum atomic E-state index is 0.656. The Bertz CT molecular complexity index is 5160. The molecule has 0 bridgehead atoms. The second kappa shape index (κ2) is 24.3. The van der Waals surface area contributed by atoms with E-state index in [0.717, 1.165) is 17.1 Å². The minimum Gasteiger partial charge on any atom is -0.345 e. The first kappa shape index (κ1) is 55.0. The Hall–Kier alpha value is -11.9. The highest BCUT2D eigenvalue weighted by Gasteiger charge is 2.18. The summed E-state index contributed by atoms with van der Waals surface area (Å²) in [7, 11) is 6.28. The van der Waals surface area contributed by atoms with Crippen LogP contribution in [0.1, 0.15) is 0 Å². The highest BCUT2D eigenvalue weighted by Crippen LogP contribution is 2.40. The van der Waals surface area contributed by atoms with E-state index in [1.54, 1.807) is 0 Å². The second-order valence-electron chi connectivity index (χ2n) is 22.2. The van der Waals surface area contributed by atoms with Gasteiger partial charge in [0.2, 0.25) is 0 Å². The highest BCUT2D eigenvalue weighted by molar-refractivity contribution is 6.12. The maximum Gasteiger partial charge on any atom is 0.187 e. The topological polar surface area (TPSA) is 28.9 Å². The average Bonchev–Trinajstić information content (AvgIpc) is 2.18. The number of anilines is 6. The lowest BCUT2D eigenvalue weighted by atomic mass is 10.0. The summed E-state index contributed by atoms with van der Waals surface area (Å²) in [5.41, 5.74) is 20.9. The molecule has 0 aliphatic carbocycles. The van der Waals surface area contributed by atoms with E-state index in [4.69, 9.17) is 6.57 Å². The lowest BCUT2D eigenvalue weighted by Crippen LogP contribution is -2.08. The molecule has 7 nitrogen and oxygen atoms in total. The summed E-state index contributed by atoms with van der Waals surface area (Å²) >= 11 is 0. The molecule has 426 valence electrons. The largest absolute Gasteiger partial charge is 0.345 e. The first-order valence-electron chi connectivity index (χ1n) is 30.0. The van der Waals surface area contributed by atoms with Gasteiger partial charge in [-0.15, -0.1) is 0 Å². The predicted octanol–water partition coefficient (Wildman–Crippen LogP) is 21.9. The van der Waals surface area contributed by atoms with Crippen molar-refractivity contribution in [2.45, 2.75) is 0 Å². The van der Waals surface area contributed by atoms with Crippen LogP contribution in [-0.2, 0) is 0 Å². The van der Waals surface area contributed by atoms with E-state index in [2.05, 4.69) is 340 Å². The third kappa shape index (κ3) is 10.7. The number of aromatic nitrogens is 3. The molecule has 13 aromatic carbocycles. The van der Waals surface area contributed by atoms with Crippen molar-refractivity contribution < 1.29 is 0 Å². The van der Waals surface area contributed by atoms with Gasteiger partial charge in [0, 0.05) is 105 Å². The molecule has 3 aromatic heterocycles. The molecule has 0 N–H and O–H groups in total. The summed E-state index contributed by atoms with van der Waals surface area (Å²) in [6, 6.07) is 115. The van der Waals surface area contributed by atoms with Crippen molar-refractivity contribution in [1.82, 2.24) is 13.7 Å². The Morgan fingerprint density at radius 3 is 0.888 bits per heavy atom. The van der Waals surface area contributed by atoms with E-state index >= 15 is 0 Å². The molecule has 16 rings (SSSR count). The van der Waals surface area contributed by atoms with E-state index in [0.29, 0.717) is 5.69 Å². The molecule has 16 aromatic rings. The molecule has 0 fully saturated rings. The molecule has 0 saturated carbocycles. The maximum atomic E-state index is 7.13. The fourth-order valence-corrected chi connectivity index (χ4v) is 12.4. The number of fused-ring (bicyclic) bond motifs is 9. The first-order chi connectivity index (χ1) is 43.9. The molecule has 0 saturated heterocycles. The van der Waals surface area contributed by atoms with Gasteiger partial charge in [-0.25, -0.2) is 4.85 Å². The van der Waals surface area contributed by atoms with Crippen molar-refractivity contribution in [3.8, 4) is 28.2 Å². The Balaban J connectivity index is 0.000000118. The van der Waals surface area contributed by atoms with E-state index in [9.17, 15) is 0 Å². The number of hydrogen-bond donors (Lipinski definition) is 0. The number of benzene rings is 13. The number of para-hydroxylation sites is 8. The second-order valence-corrected chi connectivity index (χ2v) is 22.2. The molecule has 7 heteroatoms. The maximum absolute atomic E-state index is 7.13. The average molecular weight is 1150 g/mol. The van der Waals surface area contributed by atoms with Crippen LogP contribution >= 0.6 is 0 Å². The number of nitrogens with zero attached hydrogens (tertiary/aromatic N) is 7. The van der Waals surface area contributed by atoms with Gasteiger partial charge in [-0.05, 0) is 163 Å². The summed E-state index contributed by atoms with van der Waals surface area (Å²) in [4.78, 5) is 10.1. The van der Waals surface area contributed by atoms with Crippen LogP contribution in [0.2, 0.25) is 0 Å². The summed E-state index contributed by atoms with van der Waals surface area (Å²) in [5.74, 6) is 0.